The standard InChI is InChI=1S/C33H36ClN5O4.CH4/c34-29-13-10-27(11-14-29)32(26-7-2-1-3-8-26)38-20-18-37(19-21-38)22-23-43-30-15-9-25(24-28(30)12-16-31(35)40)6-4-5-17-39(42)33(36)41;/h1-3,7-16,24,32,42H,5,17-23H2,(H2,35,40)(H2,36,41);1H4/b16-12+;/t32-;/m1./s1. The second-order valence-electron chi connectivity index (χ2n) is 10.1. The van der Waals surface area contributed by atoms with Crippen LogP contribution in [0.3, 0.4) is 0 Å². The molecule has 1 aliphatic heterocycles. The molecule has 0 radical (unpaired) electrons. The number of hydrogen-bond acceptors (Lipinski definition) is 6. The first-order chi connectivity index (χ1) is 20.8. The fourth-order valence-electron chi connectivity index (χ4n) is 4.92. The van der Waals surface area contributed by atoms with Crippen molar-refractivity contribution in [1.29, 1.82) is 0 Å². The van der Waals surface area contributed by atoms with Gasteiger partial charge in [-0.25, -0.2) is 9.86 Å². The normalized spacial score (nSPS) is 14.2. The molecule has 0 spiro atoms. The van der Waals surface area contributed by atoms with Crippen LogP contribution in [0, 0.1) is 11.8 Å². The number of nitrogens with zero attached hydrogens (tertiary/aromatic N) is 3. The summed E-state index contributed by atoms with van der Waals surface area (Å²) in [5, 5.41) is 10.5. The van der Waals surface area contributed by atoms with Gasteiger partial charge in [-0.15, -0.1) is 0 Å². The van der Waals surface area contributed by atoms with Crippen molar-refractivity contribution in [1.82, 2.24) is 14.9 Å². The van der Waals surface area contributed by atoms with E-state index in [0.717, 1.165) is 37.7 Å². The summed E-state index contributed by atoms with van der Waals surface area (Å²) in [4.78, 5) is 27.2. The summed E-state index contributed by atoms with van der Waals surface area (Å²) in [6, 6.07) is 23.3. The van der Waals surface area contributed by atoms with Gasteiger partial charge in [0.15, 0.2) is 0 Å². The van der Waals surface area contributed by atoms with E-state index in [9.17, 15) is 14.8 Å². The van der Waals surface area contributed by atoms with E-state index >= 15 is 0 Å². The van der Waals surface area contributed by atoms with E-state index in [-0.39, 0.29) is 26.4 Å². The summed E-state index contributed by atoms with van der Waals surface area (Å²) in [7, 11) is 0. The molecule has 4 rings (SSSR count). The zero-order valence-electron chi connectivity index (χ0n) is 23.9. The third-order valence-electron chi connectivity index (χ3n) is 7.11. The summed E-state index contributed by atoms with van der Waals surface area (Å²) >= 11 is 6.17. The Balaban J connectivity index is 0.00000529. The number of urea groups is 1. The van der Waals surface area contributed by atoms with Crippen LogP contribution in [0.2, 0.25) is 5.02 Å². The van der Waals surface area contributed by atoms with Crippen LogP contribution in [0.25, 0.3) is 6.08 Å². The molecule has 0 aromatic heterocycles. The highest BCUT2D eigenvalue weighted by Gasteiger charge is 2.26. The molecule has 1 saturated heterocycles. The zero-order chi connectivity index (χ0) is 30.6. The first-order valence-electron chi connectivity index (χ1n) is 14.1. The maximum absolute atomic E-state index is 11.4. The third-order valence-corrected chi connectivity index (χ3v) is 7.36. The number of amides is 3. The van der Waals surface area contributed by atoms with Crippen molar-refractivity contribution in [2.45, 2.75) is 19.9 Å². The van der Waals surface area contributed by atoms with Crippen LogP contribution in [-0.4, -0.2) is 77.9 Å². The lowest BCUT2D eigenvalue weighted by Crippen LogP contribution is -2.48. The minimum Gasteiger partial charge on any atom is -0.492 e. The molecule has 10 heteroatoms. The van der Waals surface area contributed by atoms with Crippen LogP contribution in [0.15, 0.2) is 78.9 Å². The second kappa shape index (κ2) is 17.1. The number of ether oxygens (including phenoxy) is 1. The molecular weight excluding hydrogens is 578 g/mol. The number of primary amides is 2. The first kappa shape index (κ1) is 34.2. The topological polar surface area (TPSA) is 125 Å². The zero-order valence-corrected chi connectivity index (χ0v) is 24.6. The van der Waals surface area contributed by atoms with E-state index in [1.54, 1.807) is 18.2 Å². The Labute approximate surface area is 264 Å². The van der Waals surface area contributed by atoms with Crippen LogP contribution in [-0.2, 0) is 4.79 Å². The van der Waals surface area contributed by atoms with Gasteiger partial charge in [0, 0.05) is 61.4 Å². The van der Waals surface area contributed by atoms with Gasteiger partial charge < -0.3 is 16.2 Å². The highest BCUT2D eigenvalue weighted by molar-refractivity contribution is 6.30. The molecule has 5 N–H and O–H groups in total. The van der Waals surface area contributed by atoms with Crippen molar-refractivity contribution in [2.24, 2.45) is 11.5 Å². The molecule has 44 heavy (non-hydrogen) atoms. The Morgan fingerprint density at radius 1 is 1.00 bits per heavy atom. The molecule has 0 aliphatic carbocycles. The van der Waals surface area contributed by atoms with E-state index in [1.165, 1.54) is 17.2 Å². The van der Waals surface area contributed by atoms with Gasteiger partial charge in [0.2, 0.25) is 5.91 Å². The number of hydroxylamine groups is 2. The number of nitrogens with two attached hydrogens (primary N) is 2. The smallest absolute Gasteiger partial charge is 0.338 e. The number of halogens is 1. The Morgan fingerprint density at radius 3 is 2.34 bits per heavy atom. The fourth-order valence-corrected chi connectivity index (χ4v) is 5.05. The average molecular weight is 618 g/mol. The van der Waals surface area contributed by atoms with Crippen molar-refractivity contribution < 1.29 is 19.5 Å². The molecule has 1 aliphatic rings. The highest BCUT2D eigenvalue weighted by atomic mass is 35.5. The van der Waals surface area contributed by atoms with Crippen molar-refractivity contribution in [2.75, 3.05) is 45.9 Å². The monoisotopic (exact) mass is 617 g/mol. The summed E-state index contributed by atoms with van der Waals surface area (Å²) in [5.74, 6) is 5.91. The summed E-state index contributed by atoms with van der Waals surface area (Å²) in [6.45, 7) is 4.87. The molecule has 1 atom stereocenters. The van der Waals surface area contributed by atoms with E-state index in [1.807, 2.05) is 24.3 Å². The maximum atomic E-state index is 11.4. The van der Waals surface area contributed by atoms with Crippen molar-refractivity contribution in [3.05, 3.63) is 106 Å². The maximum Gasteiger partial charge on any atom is 0.338 e. The number of benzene rings is 3. The lowest BCUT2D eigenvalue weighted by atomic mass is 9.96. The predicted molar refractivity (Wildman–Crippen MR) is 174 cm³/mol. The largest absolute Gasteiger partial charge is 0.492 e. The molecule has 1 fully saturated rings. The van der Waals surface area contributed by atoms with Crippen LogP contribution in [0.4, 0.5) is 4.79 Å². The fraction of sp³-hybridized carbons (Fsp3) is 0.294. The molecule has 0 unspecified atom stereocenters. The minimum absolute atomic E-state index is 0. The SMILES string of the molecule is C.NC(=O)/C=C/c1cc(C#CCCN(O)C(N)=O)ccc1OCCN1CCN([C@H](c2ccccc2)c2ccc(Cl)cc2)CC1. The van der Waals surface area contributed by atoms with Crippen LogP contribution >= 0.6 is 11.6 Å². The number of carbonyl (C=O) groups excluding carboxylic acids is 2. The number of piperazine rings is 1. The van der Waals surface area contributed by atoms with Gasteiger partial charge in [0.05, 0.1) is 12.6 Å². The molecule has 0 saturated carbocycles. The van der Waals surface area contributed by atoms with Crippen LogP contribution in [0.1, 0.15) is 42.1 Å². The van der Waals surface area contributed by atoms with Crippen molar-refractivity contribution >= 4 is 29.6 Å². The summed E-state index contributed by atoms with van der Waals surface area (Å²) in [6.07, 6.45) is 3.12. The highest BCUT2D eigenvalue weighted by Crippen LogP contribution is 2.30. The molecule has 1 heterocycles. The van der Waals surface area contributed by atoms with E-state index in [0.29, 0.717) is 28.5 Å². The summed E-state index contributed by atoms with van der Waals surface area (Å²) in [5.41, 5.74) is 14.1. The third kappa shape index (κ3) is 10.1. The van der Waals surface area contributed by atoms with E-state index < -0.39 is 11.9 Å². The molecule has 3 amide bonds. The van der Waals surface area contributed by atoms with Crippen LogP contribution < -0.4 is 16.2 Å². The van der Waals surface area contributed by atoms with Gasteiger partial charge in [0.25, 0.3) is 0 Å². The molecule has 9 nitrogen and oxygen atoms in total. The average Bonchev–Trinajstić information content (AvgIpc) is 3.01. The lowest BCUT2D eigenvalue weighted by Gasteiger charge is -2.39. The molecule has 0 bridgehead atoms. The minimum atomic E-state index is -0.932. The van der Waals surface area contributed by atoms with E-state index in [2.05, 4.69) is 58.0 Å². The second-order valence-corrected chi connectivity index (χ2v) is 10.5. The first-order valence-corrected chi connectivity index (χ1v) is 14.4. The predicted octanol–water partition coefficient (Wildman–Crippen LogP) is 4.77. The van der Waals surface area contributed by atoms with E-state index in [4.69, 9.17) is 27.8 Å². The quantitative estimate of drug-likeness (QED) is 0.123. The number of carbonyl (C=O) groups is 2. The summed E-state index contributed by atoms with van der Waals surface area (Å²) < 4.78 is 6.12. The van der Waals surface area contributed by atoms with Gasteiger partial charge in [-0.3, -0.25) is 19.8 Å². The Hall–Kier alpha value is -4.33. The lowest BCUT2D eigenvalue weighted by molar-refractivity contribution is -0.113. The number of hydrogen-bond donors (Lipinski definition) is 3. The van der Waals surface area contributed by atoms with Crippen LogP contribution in [0.5, 0.6) is 5.75 Å². The van der Waals surface area contributed by atoms with Gasteiger partial charge in [0.1, 0.15) is 12.4 Å². The molecular formula is C34H40ClN5O4. The Bertz CT molecular complexity index is 1460. The van der Waals surface area contributed by atoms with Gasteiger partial charge >= 0.3 is 6.03 Å². The molecule has 3 aromatic carbocycles. The van der Waals surface area contributed by atoms with Crippen molar-refractivity contribution in [3.63, 3.8) is 0 Å². The molecule has 3 aromatic rings. The van der Waals surface area contributed by atoms with Gasteiger partial charge in [-0.2, -0.15) is 0 Å². The molecule has 232 valence electrons. The van der Waals surface area contributed by atoms with Gasteiger partial charge in [-0.1, -0.05) is 73.3 Å². The Morgan fingerprint density at radius 2 is 1.68 bits per heavy atom. The van der Waals surface area contributed by atoms with Gasteiger partial charge in [-0.05, 0) is 47.5 Å². The van der Waals surface area contributed by atoms with Crippen molar-refractivity contribution in [3.8, 4) is 17.6 Å². The number of rotatable bonds is 11. The Kier molecular flexibility index (Phi) is 13.3.